The van der Waals surface area contributed by atoms with Crippen LogP contribution in [0.2, 0.25) is 0 Å². The number of hydrogen-bond acceptors (Lipinski definition) is 3. The molecule has 0 saturated carbocycles. The maximum Gasteiger partial charge on any atom is 0.120 e. The first-order valence-corrected chi connectivity index (χ1v) is 5.85. The van der Waals surface area contributed by atoms with Crippen molar-refractivity contribution in [2.24, 2.45) is 0 Å². The number of benzene rings is 2. The molecule has 18 heavy (non-hydrogen) atoms. The van der Waals surface area contributed by atoms with Gasteiger partial charge in [0.15, 0.2) is 0 Å². The van der Waals surface area contributed by atoms with E-state index in [4.69, 9.17) is 10.5 Å². The summed E-state index contributed by atoms with van der Waals surface area (Å²) in [5.74, 6) is 0.838. The van der Waals surface area contributed by atoms with Gasteiger partial charge in [-0.15, -0.1) is 0 Å². The second kappa shape index (κ2) is 5.00. The fraction of sp³-hybridized carbons (Fsp3) is 0.200. The van der Waals surface area contributed by atoms with Gasteiger partial charge in [0.05, 0.1) is 18.5 Å². The second-order valence-electron chi connectivity index (χ2n) is 4.32. The number of ether oxygens (including phenoxy) is 1. The Kier molecular flexibility index (Phi) is 3.42. The van der Waals surface area contributed by atoms with Crippen LogP contribution in [0.15, 0.2) is 42.5 Å². The van der Waals surface area contributed by atoms with Crippen molar-refractivity contribution in [3.8, 4) is 5.75 Å². The summed E-state index contributed by atoms with van der Waals surface area (Å²) in [6, 6.07) is 14.0. The molecular formula is C15H18N2O. The second-order valence-corrected chi connectivity index (χ2v) is 4.32. The summed E-state index contributed by atoms with van der Waals surface area (Å²) in [6.07, 6.45) is 0. The molecule has 0 aliphatic rings. The molecule has 2 rings (SSSR count). The van der Waals surface area contributed by atoms with Crippen molar-refractivity contribution in [1.29, 1.82) is 0 Å². The summed E-state index contributed by atoms with van der Waals surface area (Å²) in [5.41, 5.74) is 10.0. The molecule has 0 heterocycles. The standard InChI is InChI=1S/C15H18N2O/c1-11-7-8-15(14(16)9-11)17(2)12-5-4-6-13(10-12)18-3/h4-10H,16H2,1-3H3. The van der Waals surface area contributed by atoms with Gasteiger partial charge in [0, 0.05) is 18.8 Å². The summed E-state index contributed by atoms with van der Waals surface area (Å²) >= 11 is 0. The minimum atomic E-state index is 0.778. The zero-order valence-electron chi connectivity index (χ0n) is 11.0. The Hall–Kier alpha value is -2.16. The molecule has 0 bridgehead atoms. The van der Waals surface area contributed by atoms with Gasteiger partial charge in [0.1, 0.15) is 5.75 Å². The zero-order chi connectivity index (χ0) is 13.1. The Bertz CT molecular complexity index is 552. The monoisotopic (exact) mass is 242 g/mol. The minimum Gasteiger partial charge on any atom is -0.497 e. The smallest absolute Gasteiger partial charge is 0.120 e. The van der Waals surface area contributed by atoms with E-state index in [0.717, 1.165) is 28.4 Å². The first kappa shape index (κ1) is 12.3. The lowest BCUT2D eigenvalue weighted by atomic mass is 10.1. The molecule has 0 amide bonds. The van der Waals surface area contributed by atoms with Crippen LogP contribution < -0.4 is 15.4 Å². The molecule has 3 heteroatoms. The number of anilines is 3. The van der Waals surface area contributed by atoms with E-state index >= 15 is 0 Å². The quantitative estimate of drug-likeness (QED) is 0.839. The molecule has 0 spiro atoms. The van der Waals surface area contributed by atoms with Gasteiger partial charge in [0.25, 0.3) is 0 Å². The number of nitrogen functional groups attached to an aromatic ring is 1. The molecule has 0 atom stereocenters. The van der Waals surface area contributed by atoms with Gasteiger partial charge < -0.3 is 15.4 Å². The largest absolute Gasteiger partial charge is 0.497 e. The summed E-state index contributed by atoms with van der Waals surface area (Å²) in [5, 5.41) is 0. The van der Waals surface area contributed by atoms with Crippen LogP contribution in [0.4, 0.5) is 17.1 Å². The average Bonchev–Trinajstić information content (AvgIpc) is 2.38. The first-order chi connectivity index (χ1) is 8.61. The van der Waals surface area contributed by atoms with Gasteiger partial charge in [-0.1, -0.05) is 12.1 Å². The van der Waals surface area contributed by atoms with Crippen LogP contribution >= 0.6 is 0 Å². The minimum absolute atomic E-state index is 0.778. The molecule has 0 fully saturated rings. The van der Waals surface area contributed by atoms with E-state index in [2.05, 4.69) is 11.0 Å². The number of nitrogens with two attached hydrogens (primary N) is 1. The lowest BCUT2D eigenvalue weighted by molar-refractivity contribution is 0.415. The zero-order valence-corrected chi connectivity index (χ0v) is 11.0. The van der Waals surface area contributed by atoms with Gasteiger partial charge in [-0.25, -0.2) is 0 Å². The lowest BCUT2D eigenvalue weighted by Crippen LogP contribution is -2.11. The van der Waals surface area contributed by atoms with E-state index < -0.39 is 0 Å². The normalized spacial score (nSPS) is 10.2. The molecular weight excluding hydrogens is 224 g/mol. The molecule has 0 radical (unpaired) electrons. The summed E-state index contributed by atoms with van der Waals surface area (Å²) < 4.78 is 5.23. The van der Waals surface area contributed by atoms with Gasteiger partial charge in [0.2, 0.25) is 0 Å². The average molecular weight is 242 g/mol. The maximum absolute atomic E-state index is 6.06. The van der Waals surface area contributed by atoms with Crippen LogP contribution in [0.3, 0.4) is 0 Å². The van der Waals surface area contributed by atoms with Gasteiger partial charge >= 0.3 is 0 Å². The molecule has 0 aromatic heterocycles. The van der Waals surface area contributed by atoms with Crippen molar-refractivity contribution in [1.82, 2.24) is 0 Å². The summed E-state index contributed by atoms with van der Waals surface area (Å²) in [4.78, 5) is 2.05. The highest BCUT2D eigenvalue weighted by molar-refractivity contribution is 5.75. The fourth-order valence-corrected chi connectivity index (χ4v) is 1.94. The van der Waals surface area contributed by atoms with Crippen LogP contribution in [0, 0.1) is 6.92 Å². The van der Waals surface area contributed by atoms with E-state index in [-0.39, 0.29) is 0 Å². The predicted molar refractivity (Wildman–Crippen MR) is 76.6 cm³/mol. The van der Waals surface area contributed by atoms with Crippen LogP contribution in [0.25, 0.3) is 0 Å². The molecule has 2 aromatic carbocycles. The van der Waals surface area contributed by atoms with Crippen LogP contribution in [-0.4, -0.2) is 14.2 Å². The van der Waals surface area contributed by atoms with Crippen molar-refractivity contribution in [2.45, 2.75) is 6.92 Å². The third kappa shape index (κ3) is 2.40. The van der Waals surface area contributed by atoms with Gasteiger partial charge in [-0.3, -0.25) is 0 Å². The molecule has 2 aromatic rings. The molecule has 0 aliphatic heterocycles. The third-order valence-corrected chi connectivity index (χ3v) is 2.99. The molecule has 0 saturated heterocycles. The predicted octanol–water partition coefficient (Wildman–Crippen LogP) is 3.35. The highest BCUT2D eigenvalue weighted by atomic mass is 16.5. The van der Waals surface area contributed by atoms with Crippen LogP contribution in [0.1, 0.15) is 5.56 Å². The molecule has 94 valence electrons. The number of nitrogens with zero attached hydrogens (tertiary/aromatic N) is 1. The highest BCUT2D eigenvalue weighted by Gasteiger charge is 2.08. The fourth-order valence-electron chi connectivity index (χ4n) is 1.94. The number of methoxy groups -OCH3 is 1. The van der Waals surface area contributed by atoms with Crippen molar-refractivity contribution < 1.29 is 4.74 Å². The van der Waals surface area contributed by atoms with E-state index in [9.17, 15) is 0 Å². The molecule has 0 aliphatic carbocycles. The highest BCUT2D eigenvalue weighted by Crippen LogP contribution is 2.31. The first-order valence-electron chi connectivity index (χ1n) is 5.85. The van der Waals surface area contributed by atoms with Gasteiger partial charge in [-0.2, -0.15) is 0 Å². The Morgan fingerprint density at radius 1 is 1.11 bits per heavy atom. The number of aryl methyl sites for hydroxylation is 1. The van der Waals surface area contributed by atoms with E-state index in [1.807, 2.05) is 50.4 Å². The Morgan fingerprint density at radius 3 is 2.56 bits per heavy atom. The van der Waals surface area contributed by atoms with Crippen LogP contribution in [0.5, 0.6) is 5.75 Å². The van der Waals surface area contributed by atoms with Crippen molar-refractivity contribution in [3.63, 3.8) is 0 Å². The third-order valence-electron chi connectivity index (χ3n) is 2.99. The van der Waals surface area contributed by atoms with E-state index in [0.29, 0.717) is 0 Å². The molecule has 0 unspecified atom stereocenters. The molecule has 2 N–H and O–H groups in total. The number of hydrogen-bond donors (Lipinski definition) is 1. The number of rotatable bonds is 3. The van der Waals surface area contributed by atoms with Crippen LogP contribution in [-0.2, 0) is 0 Å². The lowest BCUT2D eigenvalue weighted by Gasteiger charge is -2.22. The topological polar surface area (TPSA) is 38.5 Å². The van der Waals surface area contributed by atoms with Crippen molar-refractivity contribution in [2.75, 3.05) is 24.8 Å². The Labute approximate surface area is 108 Å². The van der Waals surface area contributed by atoms with Crippen molar-refractivity contribution >= 4 is 17.1 Å². The molecule has 3 nitrogen and oxygen atoms in total. The van der Waals surface area contributed by atoms with Crippen molar-refractivity contribution in [3.05, 3.63) is 48.0 Å². The summed E-state index contributed by atoms with van der Waals surface area (Å²) in [6.45, 7) is 2.03. The van der Waals surface area contributed by atoms with E-state index in [1.165, 1.54) is 0 Å². The Balaban J connectivity index is 2.37. The SMILES string of the molecule is COc1cccc(N(C)c2ccc(C)cc2N)c1. The Morgan fingerprint density at radius 2 is 1.89 bits per heavy atom. The summed E-state index contributed by atoms with van der Waals surface area (Å²) in [7, 11) is 3.66. The van der Waals surface area contributed by atoms with Gasteiger partial charge in [-0.05, 0) is 36.8 Å². The van der Waals surface area contributed by atoms with E-state index in [1.54, 1.807) is 7.11 Å². The maximum atomic E-state index is 6.06.